The molecule has 2 atom stereocenters. The highest BCUT2D eigenvalue weighted by atomic mass is 19.3. The second kappa shape index (κ2) is 12.4. The molecule has 45 heavy (non-hydrogen) atoms. The first-order valence-electron chi connectivity index (χ1n) is 16.1. The molecule has 2 amide bonds. The van der Waals surface area contributed by atoms with Crippen LogP contribution in [0.15, 0.2) is 30.7 Å². The quantitative estimate of drug-likeness (QED) is 0.233. The van der Waals surface area contributed by atoms with Gasteiger partial charge >= 0.3 is 0 Å². The van der Waals surface area contributed by atoms with E-state index in [1.54, 1.807) is 33.9 Å². The Balaban J connectivity index is 1.24. The molecule has 3 aliphatic carbocycles. The Labute approximate surface area is 259 Å². The summed E-state index contributed by atoms with van der Waals surface area (Å²) in [5.74, 6) is -6.12. The Morgan fingerprint density at radius 1 is 1.00 bits per heavy atom. The third-order valence-electron chi connectivity index (χ3n) is 9.77. The second-order valence-corrected chi connectivity index (χ2v) is 13.6. The standard InChI is InChI=1S/C32H41F4N7O2/c1-19(2)43-26(8-11-37-43)30(45)41-29(22-6-9-31(33,34)10-7-22)25-18-42-27(39-25)14-23(17-38-42)24(12-20-4-3-5-20)40-28(44)13-21-15-32(35,36)16-21/h8,11,14,17-22,24,29H,3-7,9-10,12-13,15-16H2,1-2H3,(H,40,44)(H,41,45)/t24-,29-/m0/s1. The maximum absolute atomic E-state index is 14.1. The largest absolute Gasteiger partial charge is 0.349 e. The van der Waals surface area contributed by atoms with Crippen LogP contribution in [-0.2, 0) is 4.79 Å². The third kappa shape index (κ3) is 7.17. The lowest BCUT2D eigenvalue weighted by Crippen LogP contribution is -2.39. The number of hydrogen-bond acceptors (Lipinski definition) is 5. The summed E-state index contributed by atoms with van der Waals surface area (Å²) in [4.78, 5) is 31.2. The van der Waals surface area contributed by atoms with Crippen LogP contribution in [0.4, 0.5) is 17.6 Å². The third-order valence-corrected chi connectivity index (χ3v) is 9.77. The number of halogens is 4. The van der Waals surface area contributed by atoms with E-state index in [2.05, 4.69) is 20.8 Å². The van der Waals surface area contributed by atoms with Gasteiger partial charge in [-0.3, -0.25) is 14.3 Å². The number of aromatic nitrogens is 5. The Morgan fingerprint density at radius 3 is 2.38 bits per heavy atom. The lowest BCUT2D eigenvalue weighted by atomic mass is 9.78. The maximum Gasteiger partial charge on any atom is 0.270 e. The van der Waals surface area contributed by atoms with Gasteiger partial charge in [0.2, 0.25) is 17.8 Å². The van der Waals surface area contributed by atoms with Crippen LogP contribution < -0.4 is 10.6 Å². The van der Waals surface area contributed by atoms with Gasteiger partial charge in [-0.2, -0.15) is 10.2 Å². The zero-order valence-corrected chi connectivity index (χ0v) is 25.7. The van der Waals surface area contributed by atoms with Crippen molar-refractivity contribution in [3.05, 3.63) is 47.7 Å². The van der Waals surface area contributed by atoms with E-state index in [-0.39, 0.29) is 80.7 Å². The van der Waals surface area contributed by atoms with Crippen molar-refractivity contribution in [3.63, 3.8) is 0 Å². The number of alkyl halides is 4. The fourth-order valence-corrected chi connectivity index (χ4v) is 6.98. The first-order chi connectivity index (χ1) is 21.4. The summed E-state index contributed by atoms with van der Waals surface area (Å²) in [7, 11) is 0. The van der Waals surface area contributed by atoms with E-state index in [9.17, 15) is 27.2 Å². The van der Waals surface area contributed by atoms with Gasteiger partial charge in [-0.25, -0.2) is 27.1 Å². The molecular weight excluding hydrogens is 590 g/mol. The van der Waals surface area contributed by atoms with Gasteiger partial charge in [0.1, 0.15) is 5.69 Å². The van der Waals surface area contributed by atoms with Crippen LogP contribution in [0.2, 0.25) is 0 Å². The molecule has 3 saturated carbocycles. The highest BCUT2D eigenvalue weighted by Gasteiger charge is 2.46. The van der Waals surface area contributed by atoms with Crippen molar-refractivity contribution in [1.82, 2.24) is 35.0 Å². The van der Waals surface area contributed by atoms with Gasteiger partial charge in [-0.15, -0.1) is 0 Å². The molecule has 3 aromatic rings. The zero-order chi connectivity index (χ0) is 31.9. The minimum Gasteiger partial charge on any atom is -0.349 e. The lowest BCUT2D eigenvalue weighted by molar-refractivity contribution is -0.134. The smallest absolute Gasteiger partial charge is 0.270 e. The van der Waals surface area contributed by atoms with Crippen LogP contribution in [0.1, 0.15) is 124 Å². The molecule has 3 aliphatic rings. The summed E-state index contributed by atoms with van der Waals surface area (Å²) >= 11 is 0. The van der Waals surface area contributed by atoms with E-state index in [0.717, 1.165) is 31.2 Å². The Morgan fingerprint density at radius 2 is 1.73 bits per heavy atom. The number of rotatable bonds is 11. The molecule has 13 heteroatoms. The molecule has 0 radical (unpaired) electrons. The van der Waals surface area contributed by atoms with Gasteiger partial charge in [-0.1, -0.05) is 19.3 Å². The van der Waals surface area contributed by atoms with E-state index < -0.39 is 17.9 Å². The number of fused-ring (bicyclic) bond motifs is 1. The molecule has 3 aromatic heterocycles. The van der Waals surface area contributed by atoms with Crippen molar-refractivity contribution in [3.8, 4) is 0 Å². The molecule has 3 fully saturated rings. The van der Waals surface area contributed by atoms with Crippen LogP contribution in [0, 0.1) is 17.8 Å². The fraction of sp³-hybridized carbons (Fsp3) is 0.656. The predicted octanol–water partition coefficient (Wildman–Crippen LogP) is 6.59. The summed E-state index contributed by atoms with van der Waals surface area (Å²) in [6, 6.07) is 2.47. The molecule has 3 heterocycles. The first-order valence-corrected chi connectivity index (χ1v) is 16.1. The fourth-order valence-electron chi connectivity index (χ4n) is 6.98. The molecule has 2 N–H and O–H groups in total. The molecule has 244 valence electrons. The summed E-state index contributed by atoms with van der Waals surface area (Å²) in [5, 5.41) is 15.0. The molecule has 0 aliphatic heterocycles. The van der Waals surface area contributed by atoms with E-state index in [0.29, 0.717) is 23.0 Å². The molecular formula is C32H41F4N7O2. The molecule has 0 spiro atoms. The Kier molecular flexibility index (Phi) is 8.64. The minimum absolute atomic E-state index is 0.0478. The van der Waals surface area contributed by atoms with Crippen LogP contribution >= 0.6 is 0 Å². The number of amides is 2. The molecule has 0 bridgehead atoms. The van der Waals surface area contributed by atoms with Crippen LogP contribution in [-0.4, -0.2) is 48.0 Å². The summed E-state index contributed by atoms with van der Waals surface area (Å²) in [5.41, 5.74) is 2.16. The zero-order valence-electron chi connectivity index (χ0n) is 25.7. The Hall–Kier alpha value is -3.51. The first kappa shape index (κ1) is 31.5. The van der Waals surface area contributed by atoms with Gasteiger partial charge in [0.15, 0.2) is 5.65 Å². The lowest BCUT2D eigenvalue weighted by Gasteiger charge is -2.35. The van der Waals surface area contributed by atoms with Gasteiger partial charge in [0.25, 0.3) is 5.91 Å². The van der Waals surface area contributed by atoms with Crippen molar-refractivity contribution < 1.29 is 27.2 Å². The predicted molar refractivity (Wildman–Crippen MR) is 158 cm³/mol. The van der Waals surface area contributed by atoms with Crippen molar-refractivity contribution >= 4 is 17.5 Å². The number of carbonyl (C=O) groups is 2. The minimum atomic E-state index is -2.73. The normalized spacial score (nSPS) is 21.7. The summed E-state index contributed by atoms with van der Waals surface area (Å²) < 4.78 is 58.1. The van der Waals surface area contributed by atoms with E-state index in [1.807, 2.05) is 19.9 Å². The summed E-state index contributed by atoms with van der Waals surface area (Å²) in [6.45, 7) is 3.84. The number of nitrogens with zero attached hydrogens (tertiary/aromatic N) is 5. The summed E-state index contributed by atoms with van der Waals surface area (Å²) in [6.07, 6.45) is 8.45. The van der Waals surface area contributed by atoms with Crippen LogP contribution in [0.5, 0.6) is 0 Å². The van der Waals surface area contributed by atoms with Gasteiger partial charge in [-0.05, 0) is 68.6 Å². The van der Waals surface area contributed by atoms with Crippen molar-refractivity contribution in [2.75, 3.05) is 0 Å². The van der Waals surface area contributed by atoms with Crippen molar-refractivity contribution in [1.29, 1.82) is 0 Å². The highest BCUT2D eigenvalue weighted by Crippen LogP contribution is 2.44. The van der Waals surface area contributed by atoms with Crippen molar-refractivity contribution in [2.24, 2.45) is 17.8 Å². The molecule has 0 saturated heterocycles. The number of imidazole rings is 1. The van der Waals surface area contributed by atoms with E-state index in [1.165, 1.54) is 0 Å². The van der Waals surface area contributed by atoms with Gasteiger partial charge in [0, 0.05) is 44.3 Å². The molecule has 0 aromatic carbocycles. The average molecular weight is 632 g/mol. The monoisotopic (exact) mass is 631 g/mol. The van der Waals surface area contributed by atoms with Crippen molar-refractivity contribution in [2.45, 2.75) is 114 Å². The number of nitrogens with one attached hydrogen (secondary N) is 2. The van der Waals surface area contributed by atoms with Gasteiger partial charge in [0.05, 0.1) is 30.2 Å². The highest BCUT2D eigenvalue weighted by molar-refractivity contribution is 5.92. The molecule has 0 unspecified atom stereocenters. The topological polar surface area (TPSA) is 106 Å². The van der Waals surface area contributed by atoms with E-state index >= 15 is 0 Å². The number of hydrogen-bond donors (Lipinski definition) is 2. The average Bonchev–Trinajstić information content (AvgIpc) is 3.59. The van der Waals surface area contributed by atoms with Crippen LogP contribution in [0.25, 0.3) is 5.65 Å². The molecule has 6 rings (SSSR count). The number of carbonyl (C=O) groups excluding carboxylic acids is 2. The second-order valence-electron chi connectivity index (χ2n) is 13.6. The Bertz CT molecular complexity index is 1510. The van der Waals surface area contributed by atoms with Crippen LogP contribution in [0.3, 0.4) is 0 Å². The van der Waals surface area contributed by atoms with E-state index in [4.69, 9.17) is 4.98 Å². The SMILES string of the molecule is CC(C)n1nccc1C(=O)N[C@H](c1cn2ncc([C@H](CC3CCC3)NC(=O)CC3CC(F)(F)C3)cc2n1)C1CCC(F)(F)CC1. The van der Waals surface area contributed by atoms with Gasteiger partial charge < -0.3 is 10.6 Å². The maximum atomic E-state index is 14.1. The molecule has 9 nitrogen and oxygen atoms in total.